The van der Waals surface area contributed by atoms with Crippen molar-refractivity contribution in [1.82, 2.24) is 9.78 Å². The summed E-state index contributed by atoms with van der Waals surface area (Å²) in [5.41, 5.74) is -0.798. The van der Waals surface area contributed by atoms with E-state index in [-0.39, 0.29) is 17.0 Å². The summed E-state index contributed by atoms with van der Waals surface area (Å²) < 4.78 is 30.9. The molecule has 94 valence electrons. The van der Waals surface area contributed by atoms with Gasteiger partial charge in [0.25, 0.3) is 0 Å². The highest BCUT2D eigenvalue weighted by Gasteiger charge is 2.45. The van der Waals surface area contributed by atoms with Crippen LogP contribution < -0.4 is 0 Å². The molecule has 0 radical (unpaired) electrons. The van der Waals surface area contributed by atoms with Crippen LogP contribution in [0.15, 0.2) is 6.20 Å². The lowest BCUT2D eigenvalue weighted by Crippen LogP contribution is -2.35. The minimum absolute atomic E-state index is 0.0710. The van der Waals surface area contributed by atoms with Crippen LogP contribution in [0.5, 0.6) is 0 Å². The van der Waals surface area contributed by atoms with E-state index >= 15 is 0 Å². The Bertz CT molecular complexity index is 458. The number of halogens is 2. The molecule has 1 aromatic rings. The van der Waals surface area contributed by atoms with E-state index in [1.165, 1.54) is 13.8 Å². The molecule has 0 aromatic carbocycles. The third-order valence-electron chi connectivity index (χ3n) is 1.88. The fourth-order valence-electron chi connectivity index (χ4n) is 1.09. The molecular weight excluding hydrogens is 240 g/mol. The Morgan fingerprint density at radius 3 is 2.71 bits per heavy atom. The number of nitro groups is 1. The van der Waals surface area contributed by atoms with Crippen molar-refractivity contribution < 1.29 is 23.2 Å². The van der Waals surface area contributed by atoms with E-state index in [2.05, 4.69) is 9.84 Å². The Labute approximate surface area is 94.1 Å². The van der Waals surface area contributed by atoms with Crippen molar-refractivity contribution in [3.8, 4) is 0 Å². The van der Waals surface area contributed by atoms with Gasteiger partial charge in [-0.05, 0) is 13.8 Å². The van der Waals surface area contributed by atoms with Gasteiger partial charge < -0.3 is 4.74 Å². The highest BCUT2D eigenvalue weighted by Crippen LogP contribution is 2.26. The van der Waals surface area contributed by atoms with Gasteiger partial charge in [-0.2, -0.15) is 18.6 Å². The zero-order chi connectivity index (χ0) is 13.2. The highest BCUT2D eigenvalue weighted by atomic mass is 19.3. The molecular formula is C8H9F2N3O4. The Morgan fingerprint density at radius 1 is 1.71 bits per heavy atom. The number of aromatic nitrogens is 2. The van der Waals surface area contributed by atoms with Crippen LogP contribution in [0, 0.1) is 17.0 Å². The number of hydrogen-bond donors (Lipinski definition) is 0. The number of rotatable bonds is 4. The largest absolute Gasteiger partial charge is 0.460 e. The lowest BCUT2D eigenvalue weighted by molar-refractivity contribution is -0.385. The molecule has 0 N–H and O–H groups in total. The van der Waals surface area contributed by atoms with E-state index in [0.717, 1.165) is 0 Å². The summed E-state index contributed by atoms with van der Waals surface area (Å²) in [5.74, 6) is -1.81. The van der Waals surface area contributed by atoms with Gasteiger partial charge in [0.2, 0.25) is 0 Å². The molecule has 1 heterocycles. The predicted molar refractivity (Wildman–Crippen MR) is 50.4 cm³/mol. The van der Waals surface area contributed by atoms with E-state index < -0.39 is 22.6 Å². The molecule has 0 unspecified atom stereocenters. The molecule has 0 bridgehead atoms. The smallest absolute Gasteiger partial charge is 0.441 e. The second kappa shape index (κ2) is 4.44. The van der Waals surface area contributed by atoms with Crippen molar-refractivity contribution >= 4 is 11.7 Å². The maximum Gasteiger partial charge on any atom is 0.441 e. The summed E-state index contributed by atoms with van der Waals surface area (Å²) in [5, 5.41) is 13.7. The average Bonchev–Trinajstić information content (AvgIpc) is 2.61. The molecule has 0 spiro atoms. The second-order valence-electron chi connectivity index (χ2n) is 3.06. The first-order valence-electron chi connectivity index (χ1n) is 4.56. The minimum Gasteiger partial charge on any atom is -0.460 e. The first-order valence-corrected chi connectivity index (χ1v) is 4.56. The van der Waals surface area contributed by atoms with Crippen LogP contribution in [0.25, 0.3) is 0 Å². The summed E-state index contributed by atoms with van der Waals surface area (Å²) in [6.45, 7) is 2.33. The van der Waals surface area contributed by atoms with Gasteiger partial charge in [0.05, 0.1) is 11.5 Å². The summed E-state index contributed by atoms with van der Waals surface area (Å²) in [6, 6.07) is -4.06. The fourth-order valence-corrected chi connectivity index (χ4v) is 1.09. The van der Waals surface area contributed by atoms with Gasteiger partial charge in [0, 0.05) is 0 Å². The standard InChI is InChI=1S/C8H9F2N3O4/c1-3-17-7(14)8(9,10)12-4-6(13(15)16)5(2)11-12/h4H,3H2,1-2H3. The highest BCUT2D eigenvalue weighted by molar-refractivity contribution is 5.75. The van der Waals surface area contributed by atoms with Crippen LogP contribution in [0.4, 0.5) is 14.5 Å². The number of alkyl halides is 2. The van der Waals surface area contributed by atoms with Gasteiger partial charge in [-0.1, -0.05) is 0 Å². The number of carbonyl (C=O) groups is 1. The lowest BCUT2D eigenvalue weighted by atomic mass is 10.4. The van der Waals surface area contributed by atoms with Crippen molar-refractivity contribution in [2.45, 2.75) is 19.9 Å². The van der Waals surface area contributed by atoms with E-state index in [1.54, 1.807) is 0 Å². The third kappa shape index (κ3) is 2.37. The maximum absolute atomic E-state index is 13.4. The molecule has 1 rings (SSSR count). The van der Waals surface area contributed by atoms with E-state index in [0.29, 0.717) is 6.20 Å². The molecule has 0 aliphatic rings. The van der Waals surface area contributed by atoms with E-state index in [1.807, 2.05) is 0 Å². The van der Waals surface area contributed by atoms with Gasteiger partial charge in [0.1, 0.15) is 11.9 Å². The zero-order valence-electron chi connectivity index (χ0n) is 9.02. The Hall–Kier alpha value is -2.06. The zero-order valence-corrected chi connectivity index (χ0v) is 9.02. The summed E-state index contributed by atoms with van der Waals surface area (Å²) >= 11 is 0. The van der Waals surface area contributed by atoms with Gasteiger partial charge >= 0.3 is 17.7 Å². The topological polar surface area (TPSA) is 87.3 Å². The Balaban J connectivity index is 3.11. The maximum atomic E-state index is 13.4. The summed E-state index contributed by atoms with van der Waals surface area (Å²) in [6.07, 6.45) is 0.492. The number of ether oxygens (including phenoxy) is 1. The van der Waals surface area contributed by atoms with Crippen molar-refractivity contribution in [2.75, 3.05) is 6.61 Å². The molecule has 0 aliphatic carbocycles. The lowest BCUT2D eigenvalue weighted by Gasteiger charge is -2.13. The number of aryl methyl sites for hydroxylation is 1. The molecule has 0 atom stereocenters. The normalized spacial score (nSPS) is 11.3. The van der Waals surface area contributed by atoms with Gasteiger partial charge in [0.15, 0.2) is 0 Å². The number of carbonyl (C=O) groups excluding carboxylic acids is 1. The molecule has 0 aliphatic heterocycles. The molecule has 0 saturated carbocycles. The Morgan fingerprint density at radius 2 is 2.29 bits per heavy atom. The van der Waals surface area contributed by atoms with Gasteiger partial charge in [-0.15, -0.1) is 0 Å². The SMILES string of the molecule is CCOC(=O)C(F)(F)n1cc([N+](=O)[O-])c(C)n1. The van der Waals surface area contributed by atoms with Gasteiger partial charge in [-0.3, -0.25) is 10.1 Å². The van der Waals surface area contributed by atoms with E-state index in [4.69, 9.17) is 0 Å². The Kier molecular flexibility index (Phi) is 3.39. The van der Waals surface area contributed by atoms with Crippen molar-refractivity contribution in [3.63, 3.8) is 0 Å². The number of hydrogen-bond acceptors (Lipinski definition) is 5. The minimum atomic E-state index is -4.06. The first-order chi connectivity index (χ1) is 7.80. The summed E-state index contributed by atoms with van der Waals surface area (Å²) in [4.78, 5) is 20.5. The third-order valence-corrected chi connectivity index (χ3v) is 1.88. The van der Waals surface area contributed by atoms with Crippen LogP contribution in [0.3, 0.4) is 0 Å². The van der Waals surface area contributed by atoms with Crippen molar-refractivity contribution in [3.05, 3.63) is 22.0 Å². The predicted octanol–water partition coefficient (Wildman–Crippen LogP) is 1.21. The van der Waals surface area contributed by atoms with Crippen LogP contribution >= 0.6 is 0 Å². The number of nitrogens with zero attached hydrogens (tertiary/aromatic N) is 3. The van der Waals surface area contributed by atoms with Crippen LogP contribution in [-0.4, -0.2) is 27.3 Å². The molecule has 0 fully saturated rings. The molecule has 17 heavy (non-hydrogen) atoms. The summed E-state index contributed by atoms with van der Waals surface area (Å²) in [7, 11) is 0. The van der Waals surface area contributed by atoms with Crippen LogP contribution in [0.1, 0.15) is 12.6 Å². The van der Waals surface area contributed by atoms with Crippen LogP contribution in [0.2, 0.25) is 0 Å². The first kappa shape index (κ1) is 13.0. The van der Waals surface area contributed by atoms with Crippen molar-refractivity contribution in [1.29, 1.82) is 0 Å². The number of esters is 1. The van der Waals surface area contributed by atoms with Crippen molar-refractivity contribution in [2.24, 2.45) is 0 Å². The van der Waals surface area contributed by atoms with Crippen LogP contribution in [-0.2, 0) is 15.6 Å². The fraction of sp³-hybridized carbons (Fsp3) is 0.500. The quantitative estimate of drug-likeness (QED) is 0.454. The average molecular weight is 249 g/mol. The monoisotopic (exact) mass is 249 g/mol. The van der Waals surface area contributed by atoms with Gasteiger partial charge in [-0.25, -0.2) is 4.79 Å². The molecule has 0 amide bonds. The van der Waals surface area contributed by atoms with E-state index in [9.17, 15) is 23.7 Å². The molecule has 7 nitrogen and oxygen atoms in total. The molecule has 1 aromatic heterocycles. The molecule has 0 saturated heterocycles. The second-order valence-corrected chi connectivity index (χ2v) is 3.06. The molecule has 9 heteroatoms.